The van der Waals surface area contributed by atoms with E-state index in [1.165, 1.54) is 10.6 Å². The molecule has 2 aliphatic heterocycles. The van der Waals surface area contributed by atoms with E-state index < -0.39 is 10.0 Å². The highest BCUT2D eigenvalue weighted by Gasteiger charge is 2.33. The predicted octanol–water partition coefficient (Wildman–Crippen LogP) is 1.27. The quantitative estimate of drug-likeness (QED) is 0.831. The number of anilines is 1. The molecule has 0 unspecified atom stereocenters. The number of H-pyrrole nitrogens is 1. The van der Waals surface area contributed by atoms with Gasteiger partial charge in [0.05, 0.1) is 23.2 Å². The summed E-state index contributed by atoms with van der Waals surface area (Å²) in [6.45, 7) is 3.71. The Bertz CT molecular complexity index is 924. The molecule has 3 heterocycles. The van der Waals surface area contributed by atoms with E-state index in [4.69, 9.17) is 0 Å². The summed E-state index contributed by atoms with van der Waals surface area (Å²) in [5, 5.41) is 0. The number of piperidine rings is 1. The van der Waals surface area contributed by atoms with Crippen LogP contribution >= 0.6 is 0 Å². The molecule has 8 nitrogen and oxygen atoms in total. The van der Waals surface area contributed by atoms with Crippen molar-refractivity contribution in [3.63, 3.8) is 0 Å². The van der Waals surface area contributed by atoms with Crippen molar-refractivity contribution in [3.8, 4) is 0 Å². The largest absolute Gasteiger partial charge is 0.341 e. The van der Waals surface area contributed by atoms with Crippen LogP contribution < -0.4 is 4.90 Å². The molecule has 152 valence electrons. The number of imidazole rings is 1. The van der Waals surface area contributed by atoms with Gasteiger partial charge < -0.3 is 14.8 Å². The molecule has 1 aromatic carbocycles. The molecular formula is C19H27N5O3S. The smallest absolute Gasteiger partial charge is 0.227 e. The predicted molar refractivity (Wildman–Crippen MR) is 109 cm³/mol. The highest BCUT2D eigenvalue weighted by molar-refractivity contribution is 7.88. The molecule has 2 saturated heterocycles. The molecule has 4 rings (SSSR count). The zero-order chi connectivity index (χ0) is 19.7. The van der Waals surface area contributed by atoms with Gasteiger partial charge in [0.25, 0.3) is 0 Å². The highest BCUT2D eigenvalue weighted by atomic mass is 32.2. The van der Waals surface area contributed by atoms with Crippen LogP contribution in [-0.4, -0.2) is 79.0 Å². The lowest BCUT2D eigenvalue weighted by Crippen LogP contribution is -2.47. The molecule has 1 atom stereocenters. The maximum absolute atomic E-state index is 13.0. The number of amides is 1. The number of aromatic amines is 1. The molecule has 1 amide bonds. The molecule has 28 heavy (non-hydrogen) atoms. The van der Waals surface area contributed by atoms with Crippen LogP contribution in [0, 0.1) is 5.92 Å². The Morgan fingerprint density at radius 2 is 1.93 bits per heavy atom. The van der Waals surface area contributed by atoms with Crippen molar-refractivity contribution in [1.82, 2.24) is 19.2 Å². The molecule has 1 N–H and O–H groups in total. The number of carbonyl (C=O) groups is 1. The molecule has 9 heteroatoms. The fourth-order valence-electron chi connectivity index (χ4n) is 4.14. The van der Waals surface area contributed by atoms with Crippen molar-refractivity contribution in [3.05, 3.63) is 24.3 Å². The van der Waals surface area contributed by atoms with E-state index in [1.54, 1.807) is 0 Å². The first-order valence-corrected chi connectivity index (χ1v) is 11.7. The zero-order valence-corrected chi connectivity index (χ0v) is 17.0. The number of para-hydroxylation sites is 2. The van der Waals surface area contributed by atoms with E-state index in [0.717, 1.165) is 42.8 Å². The Kier molecular flexibility index (Phi) is 5.29. The summed E-state index contributed by atoms with van der Waals surface area (Å²) in [6, 6.07) is 7.95. The third kappa shape index (κ3) is 4.00. The van der Waals surface area contributed by atoms with Crippen molar-refractivity contribution in [1.29, 1.82) is 0 Å². The lowest BCUT2D eigenvalue weighted by molar-refractivity contribution is -0.136. The maximum atomic E-state index is 13.0. The first-order chi connectivity index (χ1) is 13.4. The lowest BCUT2D eigenvalue weighted by Gasteiger charge is -2.33. The van der Waals surface area contributed by atoms with Crippen molar-refractivity contribution in [2.75, 3.05) is 50.4 Å². The number of aromatic nitrogens is 2. The minimum Gasteiger partial charge on any atom is -0.341 e. The topological polar surface area (TPSA) is 89.6 Å². The van der Waals surface area contributed by atoms with Crippen LogP contribution in [0.25, 0.3) is 11.0 Å². The van der Waals surface area contributed by atoms with Crippen LogP contribution in [0.3, 0.4) is 0 Å². The Labute approximate surface area is 165 Å². The number of rotatable bonds is 3. The van der Waals surface area contributed by atoms with Gasteiger partial charge in [-0.2, -0.15) is 0 Å². The van der Waals surface area contributed by atoms with E-state index in [-0.39, 0.29) is 11.8 Å². The zero-order valence-electron chi connectivity index (χ0n) is 16.2. The maximum Gasteiger partial charge on any atom is 0.227 e. The molecule has 2 fully saturated rings. The average Bonchev–Trinajstić information content (AvgIpc) is 2.96. The van der Waals surface area contributed by atoms with Gasteiger partial charge in [0.15, 0.2) is 0 Å². The first kappa shape index (κ1) is 19.2. The summed E-state index contributed by atoms with van der Waals surface area (Å²) in [7, 11) is -3.25. The summed E-state index contributed by atoms with van der Waals surface area (Å²) in [4.78, 5) is 25.1. The number of hydrogen-bond donors (Lipinski definition) is 1. The normalized spacial score (nSPS) is 22.4. The lowest BCUT2D eigenvalue weighted by atomic mass is 9.98. The molecule has 0 saturated carbocycles. The Morgan fingerprint density at radius 1 is 1.11 bits per heavy atom. The van der Waals surface area contributed by atoms with Gasteiger partial charge in [0.1, 0.15) is 0 Å². The van der Waals surface area contributed by atoms with E-state index in [0.29, 0.717) is 32.7 Å². The highest BCUT2D eigenvalue weighted by Crippen LogP contribution is 2.23. The van der Waals surface area contributed by atoms with Crippen LogP contribution in [0.2, 0.25) is 0 Å². The van der Waals surface area contributed by atoms with Gasteiger partial charge in [0.2, 0.25) is 21.9 Å². The summed E-state index contributed by atoms with van der Waals surface area (Å²) in [5.41, 5.74) is 1.95. The first-order valence-electron chi connectivity index (χ1n) is 9.85. The number of nitrogens with zero attached hydrogens (tertiary/aromatic N) is 4. The Hall–Kier alpha value is -2.13. The number of nitrogens with one attached hydrogen (secondary N) is 1. The summed E-state index contributed by atoms with van der Waals surface area (Å²) in [5.74, 6) is 0.692. The van der Waals surface area contributed by atoms with E-state index in [1.807, 2.05) is 29.2 Å². The van der Waals surface area contributed by atoms with Crippen LogP contribution in [0.5, 0.6) is 0 Å². The van der Waals surface area contributed by atoms with Crippen LogP contribution in [0.15, 0.2) is 24.3 Å². The second-order valence-electron chi connectivity index (χ2n) is 7.70. The number of carbonyl (C=O) groups excluding carboxylic acids is 1. The fraction of sp³-hybridized carbons (Fsp3) is 0.579. The summed E-state index contributed by atoms with van der Waals surface area (Å²) < 4.78 is 25.1. The van der Waals surface area contributed by atoms with Crippen molar-refractivity contribution < 1.29 is 13.2 Å². The molecule has 2 aliphatic rings. The molecule has 0 radical (unpaired) electrons. The molecule has 0 aliphatic carbocycles. The second kappa shape index (κ2) is 7.71. The van der Waals surface area contributed by atoms with E-state index >= 15 is 0 Å². The van der Waals surface area contributed by atoms with Gasteiger partial charge in [-0.05, 0) is 31.4 Å². The molecular weight excluding hydrogens is 378 g/mol. The SMILES string of the molecule is CS(=O)(=O)N1CCC[C@@H](C(=O)N2CCCN(c3nc4ccccc4[nH]3)CC2)C1. The van der Waals surface area contributed by atoms with E-state index in [9.17, 15) is 13.2 Å². The third-order valence-electron chi connectivity index (χ3n) is 5.69. The third-order valence-corrected chi connectivity index (χ3v) is 6.96. The summed E-state index contributed by atoms with van der Waals surface area (Å²) in [6.07, 6.45) is 3.58. The van der Waals surface area contributed by atoms with Gasteiger partial charge >= 0.3 is 0 Å². The minimum atomic E-state index is -3.25. The number of sulfonamides is 1. The molecule has 1 aromatic heterocycles. The Balaban J connectivity index is 1.41. The van der Waals surface area contributed by atoms with Crippen LogP contribution in [0.4, 0.5) is 5.95 Å². The van der Waals surface area contributed by atoms with Gasteiger partial charge in [-0.3, -0.25) is 4.79 Å². The second-order valence-corrected chi connectivity index (χ2v) is 9.69. The number of hydrogen-bond acceptors (Lipinski definition) is 5. The van der Waals surface area contributed by atoms with Crippen molar-refractivity contribution in [2.24, 2.45) is 5.92 Å². The number of fused-ring (bicyclic) bond motifs is 1. The average molecular weight is 406 g/mol. The van der Waals surface area contributed by atoms with Crippen molar-refractivity contribution >= 4 is 32.9 Å². The summed E-state index contributed by atoms with van der Waals surface area (Å²) >= 11 is 0. The number of benzene rings is 1. The monoisotopic (exact) mass is 405 g/mol. The molecule has 0 spiro atoms. The van der Waals surface area contributed by atoms with Gasteiger partial charge in [0, 0.05) is 39.3 Å². The molecule has 0 bridgehead atoms. The van der Waals surface area contributed by atoms with E-state index in [2.05, 4.69) is 14.9 Å². The van der Waals surface area contributed by atoms with Crippen molar-refractivity contribution in [2.45, 2.75) is 19.3 Å². The molecule has 2 aromatic rings. The fourth-order valence-corrected chi connectivity index (χ4v) is 5.05. The minimum absolute atomic E-state index is 0.0832. The van der Waals surface area contributed by atoms with Crippen LogP contribution in [0.1, 0.15) is 19.3 Å². The van der Waals surface area contributed by atoms with Crippen LogP contribution in [-0.2, 0) is 14.8 Å². The van der Waals surface area contributed by atoms with Gasteiger partial charge in [-0.1, -0.05) is 12.1 Å². The van der Waals surface area contributed by atoms with Gasteiger partial charge in [-0.25, -0.2) is 17.7 Å². The van der Waals surface area contributed by atoms with Gasteiger partial charge in [-0.15, -0.1) is 0 Å². The Morgan fingerprint density at radius 3 is 2.71 bits per heavy atom. The standard InChI is InChI=1S/C19H27N5O3S/c1-28(26,27)24-11-4-6-15(14-24)18(25)22-9-5-10-23(13-12-22)19-20-16-7-2-3-8-17(16)21-19/h2-3,7-8,15H,4-6,9-14H2,1H3,(H,20,21)/t15-/m1/s1.